The van der Waals surface area contributed by atoms with Crippen LogP contribution in [0.4, 0.5) is 0 Å². The first kappa shape index (κ1) is 10.6. The van der Waals surface area contributed by atoms with E-state index in [-0.39, 0.29) is 11.8 Å². The highest BCUT2D eigenvalue weighted by Gasteiger charge is 2.28. The fraction of sp³-hybridized carbons (Fsp3) is 0.545. The predicted octanol–water partition coefficient (Wildman–Crippen LogP) is 1.78. The Hall–Kier alpha value is -0.870. The van der Waals surface area contributed by atoms with Crippen LogP contribution in [0.25, 0.3) is 0 Å². The molecule has 0 saturated carbocycles. The molecule has 0 aromatic carbocycles. The van der Waals surface area contributed by atoms with E-state index >= 15 is 0 Å². The van der Waals surface area contributed by atoms with Gasteiger partial charge in [-0.2, -0.15) is 0 Å². The van der Waals surface area contributed by atoms with E-state index in [0.29, 0.717) is 13.1 Å². The third-order valence-corrected chi connectivity index (χ3v) is 3.59. The number of fused-ring (bicyclic) bond motifs is 1. The molecule has 0 bridgehead atoms. The van der Waals surface area contributed by atoms with E-state index in [0.717, 1.165) is 10.4 Å². The molecule has 1 N–H and O–H groups in total. The second kappa shape index (κ2) is 3.94. The van der Waals surface area contributed by atoms with Crippen LogP contribution in [0.15, 0.2) is 11.4 Å². The van der Waals surface area contributed by atoms with Gasteiger partial charge in [0.15, 0.2) is 0 Å². The molecule has 1 amide bonds. The van der Waals surface area contributed by atoms with Gasteiger partial charge in [0, 0.05) is 10.8 Å². The zero-order valence-corrected chi connectivity index (χ0v) is 9.75. The van der Waals surface area contributed by atoms with Crippen LogP contribution in [0, 0.1) is 5.92 Å². The molecular formula is C11H15NO2S. The molecule has 1 aliphatic heterocycles. The molecule has 0 radical (unpaired) electrons. The molecule has 0 aliphatic carbocycles. The van der Waals surface area contributed by atoms with Crippen molar-refractivity contribution < 1.29 is 9.90 Å². The monoisotopic (exact) mass is 225 g/mol. The lowest BCUT2D eigenvalue weighted by Crippen LogP contribution is -2.39. The second-order valence-corrected chi connectivity index (χ2v) is 5.19. The van der Waals surface area contributed by atoms with Crippen molar-refractivity contribution in [3.63, 3.8) is 0 Å². The number of amides is 1. The molecule has 2 rings (SSSR count). The Labute approximate surface area is 93.3 Å². The van der Waals surface area contributed by atoms with Crippen molar-refractivity contribution in [1.82, 2.24) is 4.90 Å². The van der Waals surface area contributed by atoms with Crippen molar-refractivity contribution >= 4 is 17.2 Å². The molecular weight excluding hydrogens is 210 g/mol. The molecule has 0 saturated heterocycles. The average molecular weight is 225 g/mol. The summed E-state index contributed by atoms with van der Waals surface area (Å²) in [4.78, 5) is 14.7. The van der Waals surface area contributed by atoms with Crippen molar-refractivity contribution in [1.29, 1.82) is 0 Å². The number of hydrogen-bond acceptors (Lipinski definition) is 3. The molecule has 1 aromatic rings. The minimum Gasteiger partial charge on any atom is -0.387 e. The van der Waals surface area contributed by atoms with Gasteiger partial charge in [-0.1, -0.05) is 13.8 Å². The number of nitrogens with zero attached hydrogens (tertiary/aromatic N) is 1. The van der Waals surface area contributed by atoms with E-state index < -0.39 is 6.10 Å². The highest BCUT2D eigenvalue weighted by Crippen LogP contribution is 2.30. The molecule has 4 heteroatoms. The van der Waals surface area contributed by atoms with Crippen molar-refractivity contribution in [2.75, 3.05) is 6.54 Å². The fourth-order valence-corrected chi connectivity index (χ4v) is 2.80. The Morgan fingerprint density at radius 3 is 3.07 bits per heavy atom. The zero-order chi connectivity index (χ0) is 11.0. The van der Waals surface area contributed by atoms with Crippen LogP contribution in [0.1, 0.15) is 30.4 Å². The largest absolute Gasteiger partial charge is 0.387 e. The van der Waals surface area contributed by atoms with Gasteiger partial charge in [-0.05, 0) is 17.0 Å². The SMILES string of the molecule is CC(C)C(=O)N1Cc2sccc2C(O)C1. The molecule has 82 valence electrons. The molecule has 1 unspecified atom stereocenters. The molecule has 15 heavy (non-hydrogen) atoms. The van der Waals surface area contributed by atoms with E-state index in [1.807, 2.05) is 25.3 Å². The minimum atomic E-state index is -0.511. The molecule has 0 fully saturated rings. The lowest BCUT2D eigenvalue weighted by molar-refractivity contribution is -0.137. The number of hydrogen-bond donors (Lipinski definition) is 1. The number of aliphatic hydroxyl groups excluding tert-OH is 1. The summed E-state index contributed by atoms with van der Waals surface area (Å²) in [6, 6.07) is 1.95. The van der Waals surface area contributed by atoms with Gasteiger partial charge in [0.25, 0.3) is 0 Å². The van der Waals surface area contributed by atoms with E-state index in [9.17, 15) is 9.90 Å². The quantitative estimate of drug-likeness (QED) is 0.791. The van der Waals surface area contributed by atoms with Crippen molar-refractivity contribution in [2.24, 2.45) is 5.92 Å². The summed E-state index contributed by atoms with van der Waals surface area (Å²) in [5, 5.41) is 11.8. The minimum absolute atomic E-state index is 0.00119. The number of carbonyl (C=O) groups is 1. The highest BCUT2D eigenvalue weighted by molar-refractivity contribution is 7.10. The number of thiophene rings is 1. The standard InChI is InChI=1S/C11H15NO2S/c1-7(2)11(14)12-5-9(13)8-3-4-15-10(8)6-12/h3-4,7,9,13H,5-6H2,1-2H3. The number of carbonyl (C=O) groups excluding carboxylic acids is 1. The van der Waals surface area contributed by atoms with Crippen LogP contribution >= 0.6 is 11.3 Å². The Balaban J connectivity index is 2.19. The van der Waals surface area contributed by atoms with Crippen LogP contribution in [0.5, 0.6) is 0 Å². The molecule has 1 atom stereocenters. The van der Waals surface area contributed by atoms with Gasteiger partial charge >= 0.3 is 0 Å². The maximum Gasteiger partial charge on any atom is 0.225 e. The zero-order valence-electron chi connectivity index (χ0n) is 8.93. The van der Waals surface area contributed by atoms with Gasteiger partial charge in [0.2, 0.25) is 5.91 Å². The van der Waals surface area contributed by atoms with E-state index in [4.69, 9.17) is 0 Å². The van der Waals surface area contributed by atoms with Gasteiger partial charge < -0.3 is 10.0 Å². The lowest BCUT2D eigenvalue weighted by atomic mass is 10.0. The Bertz CT molecular complexity index is 372. The van der Waals surface area contributed by atoms with Crippen LogP contribution < -0.4 is 0 Å². The Kier molecular flexibility index (Phi) is 2.80. The summed E-state index contributed by atoms with van der Waals surface area (Å²) in [6.45, 7) is 4.86. The van der Waals surface area contributed by atoms with Crippen molar-refractivity contribution in [3.8, 4) is 0 Å². The summed E-state index contributed by atoms with van der Waals surface area (Å²) in [5.41, 5.74) is 0.993. The fourth-order valence-electron chi connectivity index (χ4n) is 1.85. The van der Waals surface area contributed by atoms with Crippen molar-refractivity contribution in [2.45, 2.75) is 26.5 Å². The average Bonchev–Trinajstić information content (AvgIpc) is 2.64. The van der Waals surface area contributed by atoms with Crippen LogP contribution in [-0.4, -0.2) is 22.5 Å². The topological polar surface area (TPSA) is 40.5 Å². The molecule has 0 spiro atoms. The lowest BCUT2D eigenvalue weighted by Gasteiger charge is -2.31. The first-order chi connectivity index (χ1) is 7.09. The predicted molar refractivity (Wildman–Crippen MR) is 59.5 cm³/mol. The molecule has 1 aromatic heterocycles. The van der Waals surface area contributed by atoms with Crippen molar-refractivity contribution in [3.05, 3.63) is 21.9 Å². The third kappa shape index (κ3) is 1.92. The number of rotatable bonds is 1. The second-order valence-electron chi connectivity index (χ2n) is 4.19. The van der Waals surface area contributed by atoms with Crippen LogP contribution in [-0.2, 0) is 11.3 Å². The smallest absolute Gasteiger partial charge is 0.225 e. The molecule has 1 aliphatic rings. The van der Waals surface area contributed by atoms with Gasteiger partial charge in [-0.25, -0.2) is 0 Å². The van der Waals surface area contributed by atoms with E-state index in [2.05, 4.69) is 0 Å². The number of aliphatic hydroxyl groups is 1. The van der Waals surface area contributed by atoms with Crippen LogP contribution in [0.3, 0.4) is 0 Å². The van der Waals surface area contributed by atoms with E-state index in [1.54, 1.807) is 16.2 Å². The van der Waals surface area contributed by atoms with Gasteiger partial charge in [-0.15, -0.1) is 11.3 Å². The first-order valence-electron chi connectivity index (χ1n) is 5.12. The number of β-amino-alcohol motifs (C(OH)–C–C–N with tert-alkyl or cyclic N) is 1. The summed E-state index contributed by atoms with van der Waals surface area (Å²) in [6.07, 6.45) is -0.511. The summed E-state index contributed by atoms with van der Waals surface area (Å²) in [5.74, 6) is 0.117. The van der Waals surface area contributed by atoms with E-state index in [1.165, 1.54) is 0 Å². The highest BCUT2D eigenvalue weighted by atomic mass is 32.1. The Morgan fingerprint density at radius 2 is 2.40 bits per heavy atom. The molecule has 3 nitrogen and oxygen atoms in total. The summed E-state index contributed by atoms with van der Waals surface area (Å²) in [7, 11) is 0. The Morgan fingerprint density at radius 1 is 1.67 bits per heavy atom. The normalized spacial score (nSPS) is 20.5. The van der Waals surface area contributed by atoms with Gasteiger partial charge in [-0.3, -0.25) is 4.79 Å². The van der Waals surface area contributed by atoms with Gasteiger partial charge in [0.1, 0.15) is 0 Å². The van der Waals surface area contributed by atoms with Crippen LogP contribution in [0.2, 0.25) is 0 Å². The maximum absolute atomic E-state index is 11.8. The van der Waals surface area contributed by atoms with Gasteiger partial charge in [0.05, 0.1) is 19.2 Å². The third-order valence-electron chi connectivity index (χ3n) is 2.67. The first-order valence-corrected chi connectivity index (χ1v) is 6.00. The maximum atomic E-state index is 11.8. The summed E-state index contributed by atoms with van der Waals surface area (Å²) >= 11 is 1.61. The summed E-state index contributed by atoms with van der Waals surface area (Å²) < 4.78 is 0. The molecule has 2 heterocycles.